The molecule has 0 heterocycles. The van der Waals surface area contributed by atoms with Crippen molar-refractivity contribution >= 4 is 0 Å². The summed E-state index contributed by atoms with van der Waals surface area (Å²) in [6, 6.07) is 10.4. The van der Waals surface area contributed by atoms with Crippen molar-refractivity contribution in [2.45, 2.75) is 116 Å². The van der Waals surface area contributed by atoms with E-state index in [1.165, 1.54) is 89.0 Å². The molecule has 0 aromatic heterocycles. The Labute approximate surface area is 169 Å². The molecule has 0 spiro atoms. The average Bonchev–Trinajstić information content (AvgIpc) is 2.69. The minimum Gasteiger partial charge on any atom is -0.392 e. The maximum atomic E-state index is 10.1. The monoisotopic (exact) mass is 375 g/mol. The van der Waals surface area contributed by atoms with E-state index in [1.54, 1.807) is 0 Å². The Balaban J connectivity index is 1.77. The second-order valence-electron chi connectivity index (χ2n) is 8.16. The highest BCUT2D eigenvalue weighted by Gasteiger charge is 2.03. The van der Waals surface area contributed by atoms with Crippen molar-refractivity contribution in [1.29, 1.82) is 0 Å². The quantitative estimate of drug-likeness (QED) is 0.255. The van der Waals surface area contributed by atoms with Crippen LogP contribution in [0.4, 0.5) is 0 Å². The molecule has 0 aliphatic rings. The highest BCUT2D eigenvalue weighted by atomic mass is 16.3. The van der Waals surface area contributed by atoms with Crippen LogP contribution in [0.25, 0.3) is 0 Å². The Morgan fingerprint density at radius 3 is 1.70 bits per heavy atom. The molecule has 2 heteroatoms. The number of unbranched alkanes of at least 4 members (excludes halogenated alkanes) is 13. The van der Waals surface area contributed by atoms with Gasteiger partial charge in [0.15, 0.2) is 0 Å². The summed E-state index contributed by atoms with van der Waals surface area (Å²) >= 11 is 0. The van der Waals surface area contributed by atoms with Gasteiger partial charge >= 0.3 is 0 Å². The Morgan fingerprint density at radius 2 is 1.19 bits per heavy atom. The number of nitrogens with one attached hydrogen (secondary N) is 1. The summed E-state index contributed by atoms with van der Waals surface area (Å²) in [6.07, 6.45) is 20.1. The van der Waals surface area contributed by atoms with E-state index >= 15 is 0 Å². The van der Waals surface area contributed by atoms with Gasteiger partial charge in [-0.05, 0) is 12.0 Å². The van der Waals surface area contributed by atoms with Gasteiger partial charge in [-0.1, -0.05) is 127 Å². The molecule has 0 amide bonds. The summed E-state index contributed by atoms with van der Waals surface area (Å²) in [4.78, 5) is 0. The Bertz CT molecular complexity index is 406. The molecule has 1 aromatic carbocycles. The Morgan fingerprint density at radius 1 is 0.704 bits per heavy atom. The van der Waals surface area contributed by atoms with Gasteiger partial charge < -0.3 is 10.4 Å². The molecule has 0 saturated carbocycles. The fourth-order valence-corrected chi connectivity index (χ4v) is 3.66. The average molecular weight is 376 g/mol. The second-order valence-corrected chi connectivity index (χ2v) is 8.16. The van der Waals surface area contributed by atoms with Crippen LogP contribution < -0.4 is 5.32 Å². The lowest BCUT2D eigenvalue weighted by Crippen LogP contribution is -2.26. The summed E-state index contributed by atoms with van der Waals surface area (Å²) in [5, 5.41) is 13.4. The normalized spacial score (nSPS) is 12.4. The molecule has 1 aromatic rings. The molecule has 0 aliphatic heterocycles. The smallest absolute Gasteiger partial charge is 0.0664 e. The lowest BCUT2D eigenvalue weighted by atomic mass is 10.0. The summed E-state index contributed by atoms with van der Waals surface area (Å²) < 4.78 is 0. The van der Waals surface area contributed by atoms with E-state index in [1.807, 2.05) is 6.07 Å². The first-order valence-corrected chi connectivity index (χ1v) is 11.8. The van der Waals surface area contributed by atoms with Crippen LogP contribution in [0.5, 0.6) is 0 Å². The molecule has 0 bridgehead atoms. The summed E-state index contributed by atoms with van der Waals surface area (Å²) in [5.74, 6) is 0. The van der Waals surface area contributed by atoms with Crippen molar-refractivity contribution in [3.63, 3.8) is 0 Å². The van der Waals surface area contributed by atoms with Crippen LogP contribution in [0, 0.1) is 0 Å². The van der Waals surface area contributed by atoms with Crippen molar-refractivity contribution in [2.24, 2.45) is 0 Å². The van der Waals surface area contributed by atoms with E-state index < -0.39 is 0 Å². The minimum absolute atomic E-state index is 0.203. The van der Waals surface area contributed by atoms with Crippen molar-refractivity contribution in [2.75, 3.05) is 6.54 Å². The zero-order valence-corrected chi connectivity index (χ0v) is 17.9. The van der Waals surface area contributed by atoms with Gasteiger partial charge in [0, 0.05) is 13.1 Å². The van der Waals surface area contributed by atoms with Crippen LogP contribution in [-0.2, 0) is 6.54 Å². The van der Waals surface area contributed by atoms with Crippen molar-refractivity contribution in [3.05, 3.63) is 35.9 Å². The van der Waals surface area contributed by atoms with E-state index in [-0.39, 0.29) is 6.10 Å². The summed E-state index contributed by atoms with van der Waals surface area (Å²) in [7, 11) is 0. The highest BCUT2D eigenvalue weighted by Crippen LogP contribution is 2.13. The van der Waals surface area contributed by atoms with Gasteiger partial charge in [-0.25, -0.2) is 0 Å². The lowest BCUT2D eigenvalue weighted by molar-refractivity contribution is 0.157. The first kappa shape index (κ1) is 24.2. The number of aliphatic hydroxyl groups is 1. The third-order valence-electron chi connectivity index (χ3n) is 5.44. The number of benzene rings is 1. The van der Waals surface area contributed by atoms with Gasteiger partial charge in [0.05, 0.1) is 6.10 Å². The number of aliphatic hydroxyl groups excluding tert-OH is 1. The van der Waals surface area contributed by atoms with Crippen LogP contribution in [0.2, 0.25) is 0 Å². The molecule has 1 atom stereocenters. The van der Waals surface area contributed by atoms with Crippen molar-refractivity contribution in [3.8, 4) is 0 Å². The van der Waals surface area contributed by atoms with Crippen LogP contribution in [0.1, 0.15) is 109 Å². The van der Waals surface area contributed by atoms with Crippen LogP contribution in [0.3, 0.4) is 0 Å². The van der Waals surface area contributed by atoms with Gasteiger partial charge in [0.2, 0.25) is 0 Å². The molecule has 0 radical (unpaired) electrons. The van der Waals surface area contributed by atoms with E-state index in [4.69, 9.17) is 0 Å². The first-order chi connectivity index (χ1) is 13.3. The predicted molar refractivity (Wildman–Crippen MR) is 119 cm³/mol. The minimum atomic E-state index is -0.203. The molecule has 2 nitrogen and oxygen atoms in total. The SMILES string of the molecule is CCCCCCCCCCCCCCCC[C@H](O)CNCc1ccccc1. The predicted octanol–water partition coefficient (Wildman–Crippen LogP) is 7.01. The van der Waals surface area contributed by atoms with Gasteiger partial charge in [-0.2, -0.15) is 0 Å². The van der Waals surface area contributed by atoms with Gasteiger partial charge in [0.25, 0.3) is 0 Å². The van der Waals surface area contributed by atoms with Crippen LogP contribution in [0.15, 0.2) is 30.3 Å². The maximum Gasteiger partial charge on any atom is 0.0664 e. The fourth-order valence-electron chi connectivity index (χ4n) is 3.66. The molecule has 1 rings (SSSR count). The largest absolute Gasteiger partial charge is 0.392 e. The number of rotatable bonds is 19. The van der Waals surface area contributed by atoms with E-state index in [0.717, 1.165) is 19.4 Å². The van der Waals surface area contributed by atoms with E-state index in [0.29, 0.717) is 6.54 Å². The summed E-state index contributed by atoms with van der Waals surface area (Å²) in [6.45, 7) is 3.83. The van der Waals surface area contributed by atoms with Gasteiger partial charge in [-0.3, -0.25) is 0 Å². The molecule has 0 fully saturated rings. The molecule has 2 N–H and O–H groups in total. The van der Waals surface area contributed by atoms with E-state index in [9.17, 15) is 5.11 Å². The molecule has 0 unspecified atom stereocenters. The topological polar surface area (TPSA) is 32.3 Å². The van der Waals surface area contributed by atoms with Crippen molar-refractivity contribution < 1.29 is 5.11 Å². The van der Waals surface area contributed by atoms with Crippen LogP contribution in [-0.4, -0.2) is 17.8 Å². The van der Waals surface area contributed by atoms with Crippen molar-refractivity contribution in [1.82, 2.24) is 5.32 Å². The zero-order valence-electron chi connectivity index (χ0n) is 17.9. The molecule has 27 heavy (non-hydrogen) atoms. The molecule has 0 saturated heterocycles. The van der Waals surface area contributed by atoms with Crippen LogP contribution >= 0.6 is 0 Å². The number of hydrogen-bond donors (Lipinski definition) is 2. The molecular weight excluding hydrogens is 330 g/mol. The molecular formula is C25H45NO. The fraction of sp³-hybridized carbons (Fsp3) is 0.760. The molecule has 0 aliphatic carbocycles. The molecule has 156 valence electrons. The first-order valence-electron chi connectivity index (χ1n) is 11.8. The lowest BCUT2D eigenvalue weighted by Gasteiger charge is -2.11. The van der Waals surface area contributed by atoms with Gasteiger partial charge in [0.1, 0.15) is 0 Å². The van der Waals surface area contributed by atoms with E-state index in [2.05, 4.69) is 36.5 Å². The third-order valence-corrected chi connectivity index (χ3v) is 5.44. The maximum absolute atomic E-state index is 10.1. The second kappa shape index (κ2) is 18.5. The Kier molecular flexibility index (Phi) is 16.6. The summed E-state index contributed by atoms with van der Waals surface area (Å²) in [5.41, 5.74) is 1.28. The highest BCUT2D eigenvalue weighted by molar-refractivity contribution is 5.14. The third kappa shape index (κ3) is 15.9. The standard InChI is InChI=1S/C25H45NO/c1-2-3-4-5-6-7-8-9-10-11-12-13-14-18-21-25(27)23-26-22-24-19-16-15-17-20-24/h15-17,19-20,25-27H,2-14,18,21-23H2,1H3/t25-/m0/s1. The Hall–Kier alpha value is -0.860. The zero-order chi connectivity index (χ0) is 19.4. The van der Waals surface area contributed by atoms with Gasteiger partial charge in [-0.15, -0.1) is 0 Å². The number of hydrogen-bond acceptors (Lipinski definition) is 2.